The summed E-state index contributed by atoms with van der Waals surface area (Å²) in [7, 11) is -3.16. The molecule has 0 saturated heterocycles. The molecule has 150 valence electrons. The lowest BCUT2D eigenvalue weighted by atomic mass is 10.2. The predicted molar refractivity (Wildman–Crippen MR) is 100 cm³/mol. The van der Waals surface area contributed by atoms with Gasteiger partial charge in [0, 0.05) is 0 Å². The molecule has 0 spiro atoms. The first kappa shape index (κ1) is 21.6. The summed E-state index contributed by atoms with van der Waals surface area (Å²) in [4.78, 5) is 23.6. The zero-order chi connectivity index (χ0) is 20.9. The molecule has 0 bridgehead atoms. The minimum atomic E-state index is -4.27. The third-order valence-electron chi connectivity index (χ3n) is 3.64. The van der Waals surface area contributed by atoms with E-state index in [0.29, 0.717) is 0 Å². The van der Waals surface area contributed by atoms with Gasteiger partial charge in [-0.2, -0.15) is 0 Å². The van der Waals surface area contributed by atoms with Crippen LogP contribution in [0.25, 0.3) is 0 Å². The summed E-state index contributed by atoms with van der Waals surface area (Å²) >= 11 is 6.01. The molecule has 0 radical (unpaired) electrons. The van der Waals surface area contributed by atoms with E-state index in [1.807, 2.05) is 0 Å². The zero-order valence-electron chi connectivity index (χ0n) is 15.0. The number of benzene rings is 2. The average molecular weight is 430 g/mol. The van der Waals surface area contributed by atoms with Gasteiger partial charge in [0.25, 0.3) is 10.0 Å². The van der Waals surface area contributed by atoms with Gasteiger partial charge in [-0.15, -0.1) is 0 Å². The highest BCUT2D eigenvalue weighted by Crippen LogP contribution is 2.28. The lowest BCUT2D eigenvalue weighted by molar-refractivity contribution is -0.138. The predicted octanol–water partition coefficient (Wildman–Crippen LogP) is 3.02. The summed E-state index contributed by atoms with van der Waals surface area (Å²) in [6.45, 7) is 1.04. The van der Waals surface area contributed by atoms with Crippen molar-refractivity contribution in [3.63, 3.8) is 0 Å². The van der Waals surface area contributed by atoms with Gasteiger partial charge in [0.2, 0.25) is 0 Å². The van der Waals surface area contributed by atoms with Crippen molar-refractivity contribution in [1.29, 1.82) is 0 Å². The normalized spacial score (nSPS) is 11.0. The van der Waals surface area contributed by atoms with Gasteiger partial charge >= 0.3 is 11.9 Å². The smallest absolute Gasteiger partial charge is 0.339 e. The van der Waals surface area contributed by atoms with Gasteiger partial charge in [0.15, 0.2) is 0 Å². The fourth-order valence-corrected chi connectivity index (χ4v) is 3.86. The van der Waals surface area contributed by atoms with Crippen LogP contribution in [0, 0.1) is 5.82 Å². The van der Waals surface area contributed by atoms with Crippen molar-refractivity contribution in [1.82, 2.24) is 0 Å². The van der Waals surface area contributed by atoms with Crippen LogP contribution in [-0.4, -0.2) is 40.6 Å². The number of esters is 2. The topological polar surface area (TPSA) is 90.0 Å². The average Bonchev–Trinajstić information content (AvgIpc) is 2.66. The number of carbonyl (C=O) groups is 2. The van der Waals surface area contributed by atoms with Gasteiger partial charge in [-0.25, -0.2) is 17.6 Å². The second-order valence-corrected chi connectivity index (χ2v) is 7.70. The highest BCUT2D eigenvalue weighted by molar-refractivity contribution is 7.92. The molecule has 2 rings (SSSR count). The molecular weight excluding hydrogens is 413 g/mol. The molecule has 0 heterocycles. The summed E-state index contributed by atoms with van der Waals surface area (Å²) in [5, 5.41) is 0.0550. The largest absolute Gasteiger partial charge is 0.468 e. The lowest BCUT2D eigenvalue weighted by Gasteiger charge is -2.24. The molecule has 0 saturated carbocycles. The van der Waals surface area contributed by atoms with E-state index in [4.69, 9.17) is 16.3 Å². The molecule has 0 N–H and O–H groups in total. The number of ether oxygens (including phenoxy) is 2. The Morgan fingerprint density at radius 3 is 2.36 bits per heavy atom. The van der Waals surface area contributed by atoms with Crippen LogP contribution in [0.1, 0.15) is 17.3 Å². The minimum Gasteiger partial charge on any atom is -0.468 e. The first-order valence-corrected chi connectivity index (χ1v) is 9.84. The maximum atomic E-state index is 13.2. The van der Waals surface area contributed by atoms with E-state index < -0.39 is 34.3 Å². The van der Waals surface area contributed by atoms with Crippen LogP contribution in [0.5, 0.6) is 0 Å². The number of hydrogen-bond acceptors (Lipinski definition) is 6. The van der Waals surface area contributed by atoms with Crippen molar-refractivity contribution in [2.75, 3.05) is 24.6 Å². The Bertz CT molecular complexity index is 978. The summed E-state index contributed by atoms with van der Waals surface area (Å²) in [6, 6.07) is 7.94. The Hall–Kier alpha value is -2.65. The standard InChI is InChI=1S/C18H17ClFNO6S/c1-3-27-18(23)15-10-13(6-9-16(15)19)21(11-17(22)26-2)28(24,25)14-7-4-12(20)5-8-14/h4-10H,3,11H2,1-2H3. The van der Waals surface area contributed by atoms with Crippen molar-refractivity contribution < 1.29 is 31.9 Å². The fraction of sp³-hybridized carbons (Fsp3) is 0.222. The van der Waals surface area contributed by atoms with Crippen molar-refractivity contribution in [3.8, 4) is 0 Å². The monoisotopic (exact) mass is 429 g/mol. The molecule has 0 aliphatic heterocycles. The molecular formula is C18H17ClFNO6S. The maximum absolute atomic E-state index is 13.2. The van der Waals surface area contributed by atoms with E-state index in [1.165, 1.54) is 18.2 Å². The van der Waals surface area contributed by atoms with Crippen molar-refractivity contribution in [3.05, 3.63) is 58.9 Å². The first-order chi connectivity index (χ1) is 13.2. The van der Waals surface area contributed by atoms with Crippen molar-refractivity contribution >= 4 is 39.3 Å². The zero-order valence-corrected chi connectivity index (χ0v) is 16.6. The van der Waals surface area contributed by atoms with Crippen LogP contribution < -0.4 is 4.31 Å². The van der Waals surface area contributed by atoms with E-state index in [-0.39, 0.29) is 27.8 Å². The third-order valence-corrected chi connectivity index (χ3v) is 5.75. The van der Waals surface area contributed by atoms with Gasteiger partial charge in [-0.3, -0.25) is 9.10 Å². The lowest BCUT2D eigenvalue weighted by Crippen LogP contribution is -2.36. The molecule has 2 aromatic rings. The molecule has 0 aliphatic rings. The van der Waals surface area contributed by atoms with Crippen LogP contribution in [0.15, 0.2) is 47.4 Å². The van der Waals surface area contributed by atoms with Gasteiger partial charge < -0.3 is 9.47 Å². The van der Waals surface area contributed by atoms with Crippen LogP contribution in [0.2, 0.25) is 5.02 Å². The molecule has 0 unspecified atom stereocenters. The fourth-order valence-electron chi connectivity index (χ4n) is 2.26. The number of carbonyl (C=O) groups excluding carboxylic acids is 2. The third kappa shape index (κ3) is 4.79. The molecule has 0 amide bonds. The van der Waals surface area contributed by atoms with E-state index in [0.717, 1.165) is 35.7 Å². The van der Waals surface area contributed by atoms with Gasteiger partial charge in [0.05, 0.1) is 34.9 Å². The Balaban J connectivity index is 2.58. The summed E-state index contributed by atoms with van der Waals surface area (Å²) in [5.41, 5.74) is -0.0765. The number of rotatable bonds is 7. The first-order valence-electron chi connectivity index (χ1n) is 8.02. The summed E-state index contributed by atoms with van der Waals surface area (Å²) in [5.74, 6) is -2.19. The number of nitrogens with zero attached hydrogens (tertiary/aromatic N) is 1. The van der Waals surface area contributed by atoms with Gasteiger partial charge in [-0.1, -0.05) is 11.6 Å². The van der Waals surface area contributed by atoms with Gasteiger partial charge in [0.1, 0.15) is 12.4 Å². The highest BCUT2D eigenvalue weighted by Gasteiger charge is 2.29. The second-order valence-electron chi connectivity index (χ2n) is 5.43. The quantitative estimate of drug-likeness (QED) is 0.628. The van der Waals surface area contributed by atoms with E-state index in [9.17, 15) is 22.4 Å². The molecule has 28 heavy (non-hydrogen) atoms. The van der Waals surface area contributed by atoms with E-state index in [1.54, 1.807) is 6.92 Å². The number of sulfonamides is 1. The van der Waals surface area contributed by atoms with E-state index in [2.05, 4.69) is 4.74 Å². The van der Waals surface area contributed by atoms with E-state index >= 15 is 0 Å². The number of halogens is 2. The molecule has 0 aliphatic carbocycles. The molecule has 2 aromatic carbocycles. The Labute approximate surface area is 166 Å². The number of hydrogen-bond donors (Lipinski definition) is 0. The number of anilines is 1. The van der Waals surface area contributed by atoms with Crippen LogP contribution in [-0.2, 0) is 24.3 Å². The van der Waals surface area contributed by atoms with Crippen molar-refractivity contribution in [2.24, 2.45) is 0 Å². The summed E-state index contributed by atoms with van der Waals surface area (Å²) in [6.07, 6.45) is 0. The molecule has 0 fully saturated rings. The summed E-state index contributed by atoms with van der Waals surface area (Å²) < 4.78 is 49.5. The molecule has 0 aromatic heterocycles. The molecule has 0 atom stereocenters. The molecule has 10 heteroatoms. The Morgan fingerprint density at radius 2 is 1.79 bits per heavy atom. The number of methoxy groups -OCH3 is 1. The Morgan fingerprint density at radius 1 is 1.14 bits per heavy atom. The van der Waals surface area contributed by atoms with Crippen molar-refractivity contribution in [2.45, 2.75) is 11.8 Å². The molecule has 7 nitrogen and oxygen atoms in total. The second kappa shape index (κ2) is 9.03. The van der Waals surface area contributed by atoms with Gasteiger partial charge in [-0.05, 0) is 49.4 Å². The van der Waals surface area contributed by atoms with Crippen LogP contribution >= 0.6 is 11.6 Å². The van der Waals surface area contributed by atoms with Crippen LogP contribution in [0.3, 0.4) is 0 Å². The maximum Gasteiger partial charge on any atom is 0.339 e. The Kier molecular flexibility index (Phi) is 6.98. The van der Waals surface area contributed by atoms with Crippen LogP contribution in [0.4, 0.5) is 10.1 Å². The highest BCUT2D eigenvalue weighted by atomic mass is 35.5. The minimum absolute atomic E-state index is 0.0119. The SMILES string of the molecule is CCOC(=O)c1cc(N(CC(=O)OC)S(=O)(=O)c2ccc(F)cc2)ccc1Cl.